The van der Waals surface area contributed by atoms with Crippen molar-refractivity contribution in [1.29, 1.82) is 0 Å². The van der Waals surface area contributed by atoms with Crippen LogP contribution in [0.1, 0.15) is 26.3 Å². The maximum absolute atomic E-state index is 4.85. The normalized spacial score (nSPS) is 12.4. The summed E-state index contributed by atoms with van der Waals surface area (Å²) in [5.41, 5.74) is 2.97. The number of fused-ring (bicyclic) bond motifs is 4. The van der Waals surface area contributed by atoms with Gasteiger partial charge in [0.05, 0.1) is 0 Å². The molecule has 3 aromatic heterocycles. The van der Waals surface area contributed by atoms with Crippen LogP contribution in [0.2, 0.25) is 0 Å². The van der Waals surface area contributed by atoms with E-state index in [0.29, 0.717) is 0 Å². The SMILES string of the molecule is CC(C)(C)Cc1cccc2c1sc1c(-c3cc4ccccc4[te]3)nccc12. The summed E-state index contributed by atoms with van der Waals surface area (Å²) in [6.45, 7) is 6.95. The Morgan fingerprint density at radius 3 is 2.56 bits per heavy atom. The first-order valence-electron chi connectivity index (χ1n) is 9.28. The van der Waals surface area contributed by atoms with E-state index >= 15 is 0 Å². The van der Waals surface area contributed by atoms with Crippen molar-refractivity contribution in [1.82, 2.24) is 4.98 Å². The number of rotatable bonds is 2. The molecule has 1 nitrogen and oxygen atoms in total. The van der Waals surface area contributed by atoms with Crippen molar-refractivity contribution in [3.8, 4) is 9.27 Å². The van der Waals surface area contributed by atoms with Gasteiger partial charge in [-0.15, -0.1) is 0 Å². The molecule has 0 spiro atoms. The van der Waals surface area contributed by atoms with Crippen LogP contribution in [-0.2, 0) is 6.42 Å². The van der Waals surface area contributed by atoms with E-state index in [1.54, 1.807) is 0 Å². The van der Waals surface area contributed by atoms with Crippen molar-refractivity contribution >= 4 is 60.7 Å². The first kappa shape index (κ1) is 17.4. The van der Waals surface area contributed by atoms with Crippen LogP contribution in [0.5, 0.6) is 0 Å². The molecule has 2 aromatic carbocycles. The number of pyridine rings is 1. The molecule has 5 rings (SSSR count). The predicted molar refractivity (Wildman–Crippen MR) is 120 cm³/mol. The third-order valence-corrected chi connectivity index (χ3v) is 9.38. The maximum atomic E-state index is 4.85. The molecule has 0 amide bonds. The fraction of sp³-hybridized carbons (Fsp3) is 0.208. The van der Waals surface area contributed by atoms with E-state index in [1.807, 2.05) is 17.5 Å². The first-order valence-corrected chi connectivity index (χ1v) is 12.4. The Morgan fingerprint density at radius 1 is 0.926 bits per heavy atom. The van der Waals surface area contributed by atoms with Crippen LogP contribution in [0, 0.1) is 5.41 Å². The summed E-state index contributed by atoms with van der Waals surface area (Å²) in [7, 11) is 0. The molecule has 0 bridgehead atoms. The quantitative estimate of drug-likeness (QED) is 0.249. The van der Waals surface area contributed by atoms with E-state index in [0.717, 1.165) is 6.42 Å². The molecule has 3 heterocycles. The van der Waals surface area contributed by atoms with E-state index in [4.69, 9.17) is 4.98 Å². The zero-order valence-electron chi connectivity index (χ0n) is 15.7. The van der Waals surface area contributed by atoms with Gasteiger partial charge < -0.3 is 0 Å². The topological polar surface area (TPSA) is 12.9 Å². The van der Waals surface area contributed by atoms with E-state index in [9.17, 15) is 0 Å². The molecule has 0 fully saturated rings. The minimum atomic E-state index is -0.358. The summed E-state index contributed by atoms with van der Waals surface area (Å²) < 4.78 is 5.80. The van der Waals surface area contributed by atoms with Crippen LogP contribution in [0.4, 0.5) is 0 Å². The molecule has 0 radical (unpaired) electrons. The molecule has 134 valence electrons. The number of nitrogens with zero attached hydrogens (tertiary/aromatic N) is 1. The van der Waals surface area contributed by atoms with Gasteiger partial charge in [0.2, 0.25) is 0 Å². The van der Waals surface area contributed by atoms with Gasteiger partial charge in [-0.2, -0.15) is 0 Å². The van der Waals surface area contributed by atoms with Gasteiger partial charge in [-0.3, -0.25) is 0 Å². The molecule has 0 aliphatic heterocycles. The van der Waals surface area contributed by atoms with E-state index < -0.39 is 0 Å². The molecular weight excluding hydrogens is 462 g/mol. The molecule has 0 aliphatic carbocycles. The predicted octanol–water partition coefficient (Wildman–Crippen LogP) is 6.92. The molecule has 5 aromatic rings. The van der Waals surface area contributed by atoms with E-state index in [-0.39, 0.29) is 25.8 Å². The van der Waals surface area contributed by atoms with Crippen molar-refractivity contribution in [2.24, 2.45) is 5.41 Å². The van der Waals surface area contributed by atoms with Gasteiger partial charge in [0, 0.05) is 0 Å². The van der Waals surface area contributed by atoms with Crippen molar-refractivity contribution in [2.75, 3.05) is 0 Å². The number of hydrogen-bond acceptors (Lipinski definition) is 2. The molecule has 0 saturated carbocycles. The van der Waals surface area contributed by atoms with Crippen LogP contribution in [0.15, 0.2) is 60.8 Å². The second-order valence-corrected chi connectivity index (χ2v) is 12.4. The Labute approximate surface area is 173 Å². The average molecular weight is 483 g/mol. The summed E-state index contributed by atoms with van der Waals surface area (Å²) in [6.07, 6.45) is 3.10. The molecule has 0 unspecified atom stereocenters. The summed E-state index contributed by atoms with van der Waals surface area (Å²) >= 11 is 1.58. The number of benzene rings is 2. The summed E-state index contributed by atoms with van der Waals surface area (Å²) in [5, 5.41) is 4.14. The molecule has 0 saturated heterocycles. The molecule has 0 atom stereocenters. The van der Waals surface area contributed by atoms with Crippen LogP contribution in [0.25, 0.3) is 38.2 Å². The fourth-order valence-corrected chi connectivity index (χ4v) is 8.32. The number of aromatic nitrogens is 1. The van der Waals surface area contributed by atoms with Crippen molar-refractivity contribution in [3.63, 3.8) is 0 Å². The van der Waals surface area contributed by atoms with Gasteiger partial charge in [0.25, 0.3) is 0 Å². The minimum absolute atomic E-state index is 0.285. The van der Waals surface area contributed by atoms with Crippen LogP contribution >= 0.6 is 11.3 Å². The number of hydrogen-bond donors (Lipinski definition) is 0. The van der Waals surface area contributed by atoms with E-state index in [1.165, 1.54) is 43.8 Å². The Bertz CT molecular complexity index is 1250. The van der Waals surface area contributed by atoms with Crippen LogP contribution < -0.4 is 0 Å². The Morgan fingerprint density at radius 2 is 1.74 bits per heavy atom. The second kappa shape index (κ2) is 6.45. The monoisotopic (exact) mass is 485 g/mol. The van der Waals surface area contributed by atoms with Crippen LogP contribution in [-0.4, -0.2) is 25.4 Å². The van der Waals surface area contributed by atoms with Gasteiger partial charge in [0.15, 0.2) is 0 Å². The summed E-state index contributed by atoms with van der Waals surface area (Å²) in [4.78, 5) is 4.85. The van der Waals surface area contributed by atoms with Crippen molar-refractivity contribution in [3.05, 3.63) is 66.4 Å². The van der Waals surface area contributed by atoms with Crippen LogP contribution in [0.3, 0.4) is 0 Å². The van der Waals surface area contributed by atoms with Gasteiger partial charge in [-0.25, -0.2) is 0 Å². The third kappa shape index (κ3) is 3.13. The zero-order chi connectivity index (χ0) is 18.6. The second-order valence-electron chi connectivity index (χ2n) is 8.32. The molecule has 0 N–H and O–H groups in total. The molecule has 3 heteroatoms. The summed E-state index contributed by atoms with van der Waals surface area (Å²) in [5.74, 6) is 0. The van der Waals surface area contributed by atoms with E-state index in [2.05, 4.69) is 75.4 Å². The van der Waals surface area contributed by atoms with Gasteiger partial charge in [-0.1, -0.05) is 0 Å². The number of thiophene rings is 1. The Kier molecular flexibility index (Phi) is 4.17. The van der Waals surface area contributed by atoms with Gasteiger partial charge >= 0.3 is 174 Å². The fourth-order valence-electron chi connectivity index (χ4n) is 3.77. The Hall–Kier alpha value is -1.66. The summed E-state index contributed by atoms with van der Waals surface area (Å²) in [6, 6.07) is 20.2. The zero-order valence-corrected chi connectivity index (χ0v) is 18.9. The Balaban J connectivity index is 1.77. The standard InChI is InChI=1S/C24H21NSTe/c1-24(2,3)14-16-8-6-9-17-18-11-12-25-21(23(18)26-22(16)17)20-13-15-7-4-5-10-19(15)27-20/h4-13H,14H2,1-3H3. The molecule has 27 heavy (non-hydrogen) atoms. The molecule has 0 aliphatic rings. The van der Waals surface area contributed by atoms with Crippen molar-refractivity contribution in [2.45, 2.75) is 27.2 Å². The average Bonchev–Trinajstić information content (AvgIpc) is 3.22. The first-order chi connectivity index (χ1) is 13.0. The third-order valence-electron chi connectivity index (χ3n) is 4.88. The van der Waals surface area contributed by atoms with Crippen molar-refractivity contribution < 1.29 is 0 Å². The van der Waals surface area contributed by atoms with Gasteiger partial charge in [0.1, 0.15) is 0 Å². The molecular formula is C24H21NSTe. The van der Waals surface area contributed by atoms with Gasteiger partial charge in [-0.05, 0) is 0 Å².